The second kappa shape index (κ2) is 26.4. The smallest absolute Gasteiger partial charge is 0.410 e. The Balaban J connectivity index is 2.05. The Bertz CT molecular complexity index is 2000. The van der Waals surface area contributed by atoms with Crippen molar-refractivity contribution < 1.29 is 94.7 Å². The van der Waals surface area contributed by atoms with Crippen molar-refractivity contribution in [2.24, 2.45) is 0 Å². The first-order valence-corrected chi connectivity index (χ1v) is 23.9. The molecule has 0 aliphatic heterocycles. The minimum absolute atomic E-state index is 0.0353. The molecule has 0 aliphatic rings. The molecule has 0 saturated heterocycles. The van der Waals surface area contributed by atoms with Crippen LogP contribution in [0.15, 0.2) is 48.5 Å². The lowest BCUT2D eigenvalue weighted by Gasteiger charge is -2.24. The third-order valence-corrected chi connectivity index (χ3v) is 11.7. The summed E-state index contributed by atoms with van der Waals surface area (Å²) in [4.78, 5) is 118. The quantitative estimate of drug-likeness (QED) is 0.0345. The van der Waals surface area contributed by atoms with Gasteiger partial charge in [0.15, 0.2) is 5.90 Å². The van der Waals surface area contributed by atoms with E-state index in [4.69, 9.17) is 28.0 Å². The summed E-state index contributed by atoms with van der Waals surface area (Å²) in [6.45, 7) is 10.2. The number of rotatable bonds is 24. The summed E-state index contributed by atoms with van der Waals surface area (Å²) in [7, 11) is -9.46. The number of carbonyl (C=O) groups is 8. The van der Waals surface area contributed by atoms with Crippen LogP contribution in [0, 0.1) is 0 Å². The third kappa shape index (κ3) is 25.0. The molecular formula is C41H58N4O20P2. The topological polar surface area (TPSA) is 333 Å². The molecule has 2 rings (SSSR count). The van der Waals surface area contributed by atoms with E-state index < -0.39 is 132 Å². The molecule has 67 heavy (non-hydrogen) atoms. The van der Waals surface area contributed by atoms with Crippen LogP contribution in [0.1, 0.15) is 92.2 Å². The Kier molecular flexibility index (Phi) is 22.6. The Hall–Kier alpha value is -5.90. The normalized spacial score (nSPS) is 12.6. The molecule has 0 aromatic heterocycles. The monoisotopic (exact) mass is 988 g/mol. The predicted molar refractivity (Wildman–Crippen MR) is 234 cm³/mol. The van der Waals surface area contributed by atoms with Gasteiger partial charge in [0.2, 0.25) is 25.4 Å². The van der Waals surface area contributed by atoms with Crippen molar-refractivity contribution in [1.29, 1.82) is 0 Å². The second-order valence-corrected chi connectivity index (χ2v) is 20.4. The van der Waals surface area contributed by atoms with Gasteiger partial charge in [-0.2, -0.15) is 0 Å². The van der Waals surface area contributed by atoms with E-state index in [0.29, 0.717) is 11.1 Å². The minimum Gasteiger partial charge on any atom is -0.458 e. The van der Waals surface area contributed by atoms with Crippen molar-refractivity contribution in [2.75, 3.05) is 30.1 Å². The lowest BCUT2D eigenvalue weighted by atomic mass is 10.1. The fourth-order valence-electron chi connectivity index (χ4n) is 4.86. The first kappa shape index (κ1) is 57.2. The third-order valence-electron chi connectivity index (χ3n) is 7.83. The highest BCUT2D eigenvalue weighted by atomic mass is 31.2. The van der Waals surface area contributed by atoms with E-state index in [1.54, 1.807) is 41.5 Å². The van der Waals surface area contributed by atoms with Gasteiger partial charge in [-0.1, -0.05) is 38.1 Å². The van der Waals surface area contributed by atoms with Crippen molar-refractivity contribution in [3.63, 3.8) is 0 Å². The molecule has 0 spiro atoms. The van der Waals surface area contributed by atoms with Gasteiger partial charge in [0.25, 0.3) is 0 Å². The molecule has 6 N–H and O–H groups in total. The van der Waals surface area contributed by atoms with Crippen molar-refractivity contribution >= 4 is 74.4 Å². The highest BCUT2D eigenvalue weighted by molar-refractivity contribution is 7.70. The Morgan fingerprint density at radius 2 is 0.910 bits per heavy atom. The molecule has 0 radical (unpaired) electrons. The van der Waals surface area contributed by atoms with Crippen LogP contribution in [0.4, 0.5) is 21.0 Å². The Morgan fingerprint density at radius 3 is 1.21 bits per heavy atom. The van der Waals surface area contributed by atoms with Gasteiger partial charge in [-0.05, 0) is 76.9 Å². The summed E-state index contributed by atoms with van der Waals surface area (Å²) >= 11 is 0. The number of nitrogens with one attached hydrogen (secondary N) is 4. The maximum Gasteiger partial charge on any atom is 0.410 e. The van der Waals surface area contributed by atoms with Gasteiger partial charge in [-0.3, -0.25) is 28.3 Å². The van der Waals surface area contributed by atoms with E-state index in [9.17, 15) is 57.3 Å². The van der Waals surface area contributed by atoms with E-state index in [-0.39, 0.29) is 24.2 Å². The average Bonchev–Trinajstić information content (AvgIpc) is 3.20. The van der Waals surface area contributed by atoms with Gasteiger partial charge in [0, 0.05) is 24.2 Å². The van der Waals surface area contributed by atoms with Crippen molar-refractivity contribution in [3.8, 4) is 0 Å². The number of benzene rings is 2. The summed E-state index contributed by atoms with van der Waals surface area (Å²) in [5.41, 5.74) is -0.845. The fraction of sp³-hybridized carbons (Fsp3) is 0.512. The molecule has 0 fully saturated rings. The molecule has 372 valence electrons. The number of hydrogen-bond acceptors (Lipinski definition) is 18. The number of ether oxygens (including phenoxy) is 6. The lowest BCUT2D eigenvalue weighted by Crippen LogP contribution is -2.46. The van der Waals surface area contributed by atoms with Crippen molar-refractivity contribution in [1.82, 2.24) is 10.6 Å². The van der Waals surface area contributed by atoms with Gasteiger partial charge in [-0.15, -0.1) is 0 Å². The molecule has 0 heterocycles. The molecular weight excluding hydrogens is 930 g/mol. The number of carbonyl (C=O) groups excluding carboxylic acids is 8. The van der Waals surface area contributed by atoms with Crippen LogP contribution >= 0.6 is 15.2 Å². The standard InChI is InChI=1S/C41H58N4O20P2/c1-9-34(48)58-23-60-38(52)44-30(36(50)64-40(3,4)5)19-32(46)42-28-15-11-26(12-16-28)21-62-67(57,25-66(54,55)56)63-22-27-13-17-29(18-14-27)43-33(47)20-31(37(51)65-41(6,7)8)45-39(53)61-24-59-35(49)10-2/h11-18,30-31H,9-10,19-25H2,1-8H3,(H,42,46)(H,43,47)(H,44,52)(H,45,53)(H2,54,55,56)/t30-,31-/m0/s1. The van der Waals surface area contributed by atoms with Crippen LogP contribution in [-0.2, 0) is 88.6 Å². The number of anilines is 2. The molecule has 2 atom stereocenters. The molecule has 0 unspecified atom stereocenters. The Labute approximate surface area is 386 Å². The van der Waals surface area contributed by atoms with Gasteiger partial charge in [0.05, 0.1) is 26.1 Å². The fourth-order valence-corrected chi connectivity index (χ4v) is 8.08. The average molecular weight is 989 g/mol. The van der Waals surface area contributed by atoms with E-state index in [1.807, 2.05) is 0 Å². The molecule has 2 aromatic rings. The largest absolute Gasteiger partial charge is 0.458 e. The van der Waals surface area contributed by atoms with Gasteiger partial charge in [-0.25, -0.2) is 19.2 Å². The molecule has 24 nitrogen and oxygen atoms in total. The first-order valence-electron chi connectivity index (χ1n) is 20.4. The van der Waals surface area contributed by atoms with Crippen molar-refractivity contribution in [3.05, 3.63) is 59.7 Å². The van der Waals surface area contributed by atoms with Gasteiger partial charge < -0.3 is 68.5 Å². The minimum atomic E-state index is -4.96. The number of alkyl carbamates (subject to hydrolysis) is 2. The van der Waals surface area contributed by atoms with Gasteiger partial charge in [0.1, 0.15) is 23.3 Å². The predicted octanol–water partition coefficient (Wildman–Crippen LogP) is 5.10. The number of amides is 4. The first-order chi connectivity index (χ1) is 31.1. The van der Waals surface area contributed by atoms with Crippen LogP contribution in [0.25, 0.3) is 0 Å². The van der Waals surface area contributed by atoms with Gasteiger partial charge >= 0.3 is 51.3 Å². The summed E-state index contributed by atoms with van der Waals surface area (Å²) in [5.74, 6) is -5.90. The maximum absolute atomic E-state index is 13.6. The molecule has 0 aliphatic carbocycles. The van der Waals surface area contributed by atoms with Crippen LogP contribution in [-0.4, -0.2) is 100 Å². The SMILES string of the molecule is CCC(=O)OCOC(=O)N[C@@H](CC(=O)Nc1ccc(COP(=O)(CP(=O)(O)O)OCc2ccc(NC(=O)C[C@H](NC(=O)OCOC(=O)CC)C(=O)OC(C)(C)C)cc2)cc1)C(=O)OC(C)(C)C. The summed E-state index contributed by atoms with van der Waals surface area (Å²) in [6.07, 6.45) is -3.44. The zero-order valence-electron chi connectivity index (χ0n) is 38.3. The molecule has 4 amide bonds. The summed E-state index contributed by atoms with van der Waals surface area (Å²) in [6, 6.07) is 8.39. The van der Waals surface area contributed by atoms with Crippen LogP contribution in [0.5, 0.6) is 0 Å². The van der Waals surface area contributed by atoms with E-state index in [1.165, 1.54) is 62.4 Å². The Morgan fingerprint density at radius 1 is 0.567 bits per heavy atom. The highest BCUT2D eigenvalue weighted by Crippen LogP contribution is 2.60. The molecule has 0 bridgehead atoms. The van der Waals surface area contributed by atoms with Crippen LogP contribution in [0.3, 0.4) is 0 Å². The van der Waals surface area contributed by atoms with Crippen LogP contribution < -0.4 is 21.3 Å². The summed E-state index contributed by atoms with van der Waals surface area (Å²) < 4.78 is 65.9. The molecule has 2 aromatic carbocycles. The zero-order valence-corrected chi connectivity index (χ0v) is 40.1. The zero-order chi connectivity index (χ0) is 50.6. The van der Waals surface area contributed by atoms with Crippen LogP contribution in [0.2, 0.25) is 0 Å². The number of hydrogen-bond donors (Lipinski definition) is 6. The lowest BCUT2D eigenvalue weighted by molar-refractivity contribution is -0.159. The summed E-state index contributed by atoms with van der Waals surface area (Å²) in [5, 5.41) is 9.51. The second-order valence-electron chi connectivity index (χ2n) is 16.2. The highest BCUT2D eigenvalue weighted by Gasteiger charge is 2.35. The van der Waals surface area contributed by atoms with E-state index in [2.05, 4.69) is 30.7 Å². The number of esters is 4. The molecule has 0 saturated carbocycles. The van der Waals surface area contributed by atoms with E-state index in [0.717, 1.165) is 0 Å². The molecule has 26 heteroatoms. The van der Waals surface area contributed by atoms with Crippen molar-refractivity contribution in [2.45, 2.75) is 118 Å². The van der Waals surface area contributed by atoms with E-state index >= 15 is 0 Å². The maximum atomic E-state index is 13.6.